The van der Waals surface area contributed by atoms with Gasteiger partial charge in [0.25, 0.3) is 0 Å². The Morgan fingerprint density at radius 2 is 2.09 bits per heavy atom. The van der Waals surface area contributed by atoms with Gasteiger partial charge in [0.05, 0.1) is 0 Å². The molecule has 22 heavy (non-hydrogen) atoms. The summed E-state index contributed by atoms with van der Waals surface area (Å²) < 4.78 is 10.3. The molecular weight excluding hydrogens is 284 g/mol. The third-order valence-electron chi connectivity index (χ3n) is 3.15. The first-order chi connectivity index (χ1) is 10.5. The standard InChI is InChI=1S/C15H16N4O3/c1-8-6-14(19-22-8)18-15(20)9(2)16-11-4-5-13-12(7-11)17-10(3)21-13/h4-7,9,16H,1-3H3,(H,18,19,20)/t9-/m0/s1. The first-order valence-corrected chi connectivity index (χ1v) is 6.89. The van der Waals surface area contributed by atoms with Crippen LogP contribution >= 0.6 is 0 Å². The number of nitrogens with one attached hydrogen (secondary N) is 2. The molecular formula is C15H16N4O3. The van der Waals surface area contributed by atoms with E-state index in [1.54, 1.807) is 26.8 Å². The van der Waals surface area contributed by atoms with E-state index in [-0.39, 0.29) is 5.91 Å². The van der Waals surface area contributed by atoms with Crippen molar-refractivity contribution in [3.8, 4) is 0 Å². The minimum Gasteiger partial charge on any atom is -0.441 e. The van der Waals surface area contributed by atoms with Gasteiger partial charge in [-0.3, -0.25) is 4.79 Å². The SMILES string of the molecule is Cc1cc(NC(=O)[C@H](C)Nc2ccc3oc(C)nc3c2)no1. The molecule has 0 aliphatic rings. The molecule has 114 valence electrons. The molecule has 1 aromatic carbocycles. The van der Waals surface area contributed by atoms with E-state index in [0.29, 0.717) is 17.5 Å². The number of hydrogen-bond acceptors (Lipinski definition) is 6. The fraction of sp³-hybridized carbons (Fsp3) is 0.267. The Morgan fingerprint density at radius 1 is 1.27 bits per heavy atom. The van der Waals surface area contributed by atoms with Crippen LogP contribution in [-0.4, -0.2) is 22.1 Å². The number of rotatable bonds is 4. The average Bonchev–Trinajstić information content (AvgIpc) is 3.03. The van der Waals surface area contributed by atoms with Gasteiger partial charge in [0.15, 0.2) is 17.3 Å². The Bertz CT molecular complexity index is 821. The highest BCUT2D eigenvalue weighted by Crippen LogP contribution is 2.20. The van der Waals surface area contributed by atoms with Crippen LogP contribution < -0.4 is 10.6 Å². The normalized spacial score (nSPS) is 12.3. The first-order valence-electron chi connectivity index (χ1n) is 6.89. The summed E-state index contributed by atoms with van der Waals surface area (Å²) in [4.78, 5) is 16.4. The second-order valence-corrected chi connectivity index (χ2v) is 5.09. The number of hydrogen-bond donors (Lipinski definition) is 2. The van der Waals surface area contributed by atoms with Gasteiger partial charge in [-0.25, -0.2) is 4.98 Å². The van der Waals surface area contributed by atoms with Crippen molar-refractivity contribution in [2.45, 2.75) is 26.8 Å². The molecule has 0 aliphatic heterocycles. The third-order valence-corrected chi connectivity index (χ3v) is 3.15. The van der Waals surface area contributed by atoms with Crippen molar-refractivity contribution in [1.29, 1.82) is 0 Å². The van der Waals surface area contributed by atoms with E-state index in [4.69, 9.17) is 8.94 Å². The number of nitrogens with zero attached hydrogens (tertiary/aromatic N) is 2. The molecule has 0 aliphatic carbocycles. The molecule has 3 aromatic rings. The number of carbonyl (C=O) groups excluding carboxylic acids is 1. The van der Waals surface area contributed by atoms with Gasteiger partial charge >= 0.3 is 0 Å². The molecule has 0 unspecified atom stereocenters. The van der Waals surface area contributed by atoms with Crippen molar-refractivity contribution in [3.63, 3.8) is 0 Å². The maximum absolute atomic E-state index is 12.1. The number of anilines is 2. The number of aryl methyl sites for hydroxylation is 2. The van der Waals surface area contributed by atoms with Crippen molar-refractivity contribution < 1.29 is 13.7 Å². The molecule has 2 N–H and O–H groups in total. The van der Waals surface area contributed by atoms with E-state index >= 15 is 0 Å². The summed E-state index contributed by atoms with van der Waals surface area (Å²) >= 11 is 0. The quantitative estimate of drug-likeness (QED) is 0.769. The minimum absolute atomic E-state index is 0.204. The predicted octanol–water partition coefficient (Wildman–Crippen LogP) is 2.87. The lowest BCUT2D eigenvalue weighted by atomic mass is 10.2. The van der Waals surface area contributed by atoms with Crippen LogP contribution in [0.4, 0.5) is 11.5 Å². The van der Waals surface area contributed by atoms with Crippen LogP contribution in [-0.2, 0) is 4.79 Å². The summed E-state index contributed by atoms with van der Waals surface area (Å²) in [7, 11) is 0. The fourth-order valence-electron chi connectivity index (χ4n) is 2.11. The van der Waals surface area contributed by atoms with Crippen molar-refractivity contribution >= 4 is 28.5 Å². The highest BCUT2D eigenvalue weighted by atomic mass is 16.5. The smallest absolute Gasteiger partial charge is 0.247 e. The number of benzene rings is 1. The predicted molar refractivity (Wildman–Crippen MR) is 81.7 cm³/mol. The van der Waals surface area contributed by atoms with E-state index in [1.807, 2.05) is 18.2 Å². The first kappa shape index (κ1) is 14.1. The largest absolute Gasteiger partial charge is 0.441 e. The minimum atomic E-state index is -0.442. The molecule has 2 heterocycles. The Balaban J connectivity index is 1.68. The van der Waals surface area contributed by atoms with Crippen LogP contribution in [0.25, 0.3) is 11.1 Å². The zero-order valence-corrected chi connectivity index (χ0v) is 12.5. The lowest BCUT2D eigenvalue weighted by Crippen LogP contribution is -2.31. The van der Waals surface area contributed by atoms with Crippen LogP contribution in [0.2, 0.25) is 0 Å². The number of carbonyl (C=O) groups is 1. The van der Waals surface area contributed by atoms with Crippen LogP contribution in [0.1, 0.15) is 18.6 Å². The molecule has 7 heteroatoms. The molecule has 3 rings (SSSR count). The zero-order chi connectivity index (χ0) is 15.7. The molecule has 0 bridgehead atoms. The van der Waals surface area contributed by atoms with Crippen molar-refractivity contribution in [2.24, 2.45) is 0 Å². The summed E-state index contributed by atoms with van der Waals surface area (Å²) in [5.41, 5.74) is 2.26. The van der Waals surface area contributed by atoms with Gasteiger partial charge in [0.1, 0.15) is 17.3 Å². The van der Waals surface area contributed by atoms with E-state index in [0.717, 1.165) is 16.8 Å². The molecule has 0 fully saturated rings. The van der Waals surface area contributed by atoms with Gasteiger partial charge in [-0.1, -0.05) is 5.16 Å². The van der Waals surface area contributed by atoms with Gasteiger partial charge in [0.2, 0.25) is 5.91 Å². The number of oxazole rings is 1. The van der Waals surface area contributed by atoms with Gasteiger partial charge in [0, 0.05) is 18.7 Å². The number of aromatic nitrogens is 2. The van der Waals surface area contributed by atoms with Gasteiger partial charge in [-0.2, -0.15) is 0 Å². The summed E-state index contributed by atoms with van der Waals surface area (Å²) in [6, 6.07) is 6.73. The van der Waals surface area contributed by atoms with Crippen molar-refractivity contribution in [1.82, 2.24) is 10.1 Å². The van der Waals surface area contributed by atoms with Gasteiger partial charge in [-0.05, 0) is 32.0 Å². The second-order valence-electron chi connectivity index (χ2n) is 5.09. The van der Waals surface area contributed by atoms with Crippen LogP contribution in [0, 0.1) is 13.8 Å². The van der Waals surface area contributed by atoms with Gasteiger partial charge < -0.3 is 19.6 Å². The topological polar surface area (TPSA) is 93.2 Å². The third kappa shape index (κ3) is 2.93. The molecule has 1 atom stereocenters. The molecule has 2 aromatic heterocycles. The van der Waals surface area contributed by atoms with Crippen LogP contribution in [0.5, 0.6) is 0 Å². The van der Waals surface area contributed by atoms with E-state index < -0.39 is 6.04 Å². The van der Waals surface area contributed by atoms with Crippen LogP contribution in [0.3, 0.4) is 0 Å². The molecule has 0 saturated carbocycles. The van der Waals surface area contributed by atoms with E-state index in [9.17, 15) is 4.79 Å². The van der Waals surface area contributed by atoms with Gasteiger partial charge in [-0.15, -0.1) is 0 Å². The summed E-state index contributed by atoms with van der Waals surface area (Å²) in [5.74, 6) is 1.45. The number of amides is 1. The summed E-state index contributed by atoms with van der Waals surface area (Å²) in [6.45, 7) is 5.32. The maximum Gasteiger partial charge on any atom is 0.247 e. The lowest BCUT2D eigenvalue weighted by Gasteiger charge is -2.13. The number of fused-ring (bicyclic) bond motifs is 1. The lowest BCUT2D eigenvalue weighted by molar-refractivity contribution is -0.116. The van der Waals surface area contributed by atoms with Crippen molar-refractivity contribution in [2.75, 3.05) is 10.6 Å². The molecule has 0 spiro atoms. The van der Waals surface area contributed by atoms with Crippen LogP contribution in [0.15, 0.2) is 33.2 Å². The molecule has 0 radical (unpaired) electrons. The summed E-state index contributed by atoms with van der Waals surface area (Å²) in [5, 5.41) is 9.53. The maximum atomic E-state index is 12.1. The Labute approximate surface area is 126 Å². The van der Waals surface area contributed by atoms with E-state index in [2.05, 4.69) is 20.8 Å². The Kier molecular flexibility index (Phi) is 3.54. The van der Waals surface area contributed by atoms with E-state index in [1.165, 1.54) is 0 Å². The fourth-order valence-corrected chi connectivity index (χ4v) is 2.11. The Hall–Kier alpha value is -2.83. The molecule has 7 nitrogen and oxygen atoms in total. The molecule has 1 amide bonds. The second kappa shape index (κ2) is 5.51. The molecule has 0 saturated heterocycles. The Morgan fingerprint density at radius 3 is 2.82 bits per heavy atom. The highest BCUT2D eigenvalue weighted by Gasteiger charge is 2.15. The summed E-state index contributed by atoms with van der Waals surface area (Å²) in [6.07, 6.45) is 0. The van der Waals surface area contributed by atoms with Crippen molar-refractivity contribution in [3.05, 3.63) is 35.9 Å². The highest BCUT2D eigenvalue weighted by molar-refractivity contribution is 5.95. The monoisotopic (exact) mass is 300 g/mol. The zero-order valence-electron chi connectivity index (χ0n) is 12.5. The average molecular weight is 300 g/mol.